The Bertz CT molecular complexity index is 891. The van der Waals surface area contributed by atoms with E-state index in [-0.39, 0.29) is 30.2 Å². The number of carbonyl (C=O) groups excluding carboxylic acids is 2. The number of piperidine rings is 1. The van der Waals surface area contributed by atoms with Gasteiger partial charge in [0.25, 0.3) is 5.91 Å². The van der Waals surface area contributed by atoms with Crippen LogP contribution in [0.2, 0.25) is 0 Å². The summed E-state index contributed by atoms with van der Waals surface area (Å²) in [5.74, 6) is 1.21. The van der Waals surface area contributed by atoms with Crippen LogP contribution in [0.4, 0.5) is 4.79 Å². The van der Waals surface area contributed by atoms with E-state index in [0.29, 0.717) is 43.4 Å². The summed E-state index contributed by atoms with van der Waals surface area (Å²) in [4.78, 5) is 30.2. The zero-order valence-corrected chi connectivity index (χ0v) is 23.6. The molecule has 0 unspecified atom stereocenters. The molecule has 1 atom stereocenters. The molecule has 1 aromatic carbocycles. The summed E-state index contributed by atoms with van der Waals surface area (Å²) in [6, 6.07) is 5.39. The summed E-state index contributed by atoms with van der Waals surface area (Å²) in [7, 11) is 1.67. The highest BCUT2D eigenvalue weighted by atomic mass is 16.6. The van der Waals surface area contributed by atoms with Crippen LogP contribution in [0.1, 0.15) is 89.9 Å². The van der Waals surface area contributed by atoms with Gasteiger partial charge in [0.15, 0.2) is 11.5 Å². The first-order chi connectivity index (χ1) is 17.6. The van der Waals surface area contributed by atoms with Crippen LogP contribution in [0.3, 0.4) is 0 Å². The smallest absolute Gasteiger partial charge is 0.410 e. The molecule has 1 heterocycles. The zero-order chi connectivity index (χ0) is 27.0. The molecule has 0 spiro atoms. The largest absolute Gasteiger partial charge is 0.490 e. The summed E-state index contributed by atoms with van der Waals surface area (Å²) in [6.07, 6.45) is 6.71. The van der Waals surface area contributed by atoms with E-state index in [0.717, 1.165) is 32.1 Å². The van der Waals surface area contributed by atoms with E-state index in [2.05, 4.69) is 0 Å². The molecule has 37 heavy (non-hydrogen) atoms. The van der Waals surface area contributed by atoms with Crippen LogP contribution >= 0.6 is 0 Å². The third kappa shape index (κ3) is 8.52. The lowest BCUT2D eigenvalue weighted by atomic mass is 10.0. The average molecular weight is 519 g/mol. The Kier molecular flexibility index (Phi) is 10.5. The number of nitrogens with zero attached hydrogens (tertiary/aromatic N) is 2. The van der Waals surface area contributed by atoms with E-state index in [1.807, 2.05) is 57.7 Å². The normalized spacial score (nSPS) is 18.7. The van der Waals surface area contributed by atoms with Crippen LogP contribution in [-0.4, -0.2) is 79.0 Å². The molecule has 0 N–H and O–H groups in total. The third-order valence-corrected chi connectivity index (χ3v) is 6.77. The van der Waals surface area contributed by atoms with Gasteiger partial charge in [-0.15, -0.1) is 0 Å². The molecular weight excluding hydrogens is 472 g/mol. The van der Waals surface area contributed by atoms with E-state index < -0.39 is 5.60 Å². The topological polar surface area (TPSA) is 77.5 Å². The molecule has 1 aromatic rings. The SMILES string of the molecule is COCCCOc1cc(C(=O)N(C(C)C)[C@@H]2CCCN(C(=O)OC(C)(C)C)C2)ccc1OC1CCCC1. The van der Waals surface area contributed by atoms with Crippen LogP contribution in [0.15, 0.2) is 18.2 Å². The number of hydrogen-bond donors (Lipinski definition) is 0. The Balaban J connectivity index is 1.78. The molecule has 1 aliphatic heterocycles. The number of hydrogen-bond acceptors (Lipinski definition) is 6. The van der Waals surface area contributed by atoms with Crippen LogP contribution in [0.25, 0.3) is 0 Å². The van der Waals surface area contributed by atoms with Crippen molar-refractivity contribution < 1.29 is 28.5 Å². The van der Waals surface area contributed by atoms with E-state index in [1.54, 1.807) is 12.0 Å². The predicted molar refractivity (Wildman–Crippen MR) is 143 cm³/mol. The number of benzene rings is 1. The van der Waals surface area contributed by atoms with Gasteiger partial charge >= 0.3 is 6.09 Å². The molecule has 3 rings (SSSR count). The van der Waals surface area contributed by atoms with Crippen molar-refractivity contribution in [2.24, 2.45) is 0 Å². The molecule has 208 valence electrons. The minimum atomic E-state index is -0.556. The molecule has 1 saturated carbocycles. The van der Waals surface area contributed by atoms with Crippen molar-refractivity contribution in [2.75, 3.05) is 33.4 Å². The van der Waals surface area contributed by atoms with Crippen molar-refractivity contribution in [2.45, 2.75) is 103 Å². The Morgan fingerprint density at radius 3 is 2.43 bits per heavy atom. The summed E-state index contributed by atoms with van der Waals surface area (Å²) in [5.41, 5.74) is 0.00289. The van der Waals surface area contributed by atoms with Crippen molar-refractivity contribution in [3.8, 4) is 11.5 Å². The van der Waals surface area contributed by atoms with Crippen LogP contribution in [-0.2, 0) is 9.47 Å². The lowest BCUT2D eigenvalue weighted by Gasteiger charge is -2.41. The second-order valence-electron chi connectivity index (χ2n) is 11.4. The highest BCUT2D eigenvalue weighted by Crippen LogP contribution is 2.34. The molecule has 2 fully saturated rings. The Hall–Kier alpha value is -2.48. The first-order valence-electron chi connectivity index (χ1n) is 13.8. The number of rotatable bonds is 10. The molecular formula is C29H46N2O6. The minimum Gasteiger partial charge on any atom is -0.490 e. The van der Waals surface area contributed by atoms with Gasteiger partial charge in [0.1, 0.15) is 5.60 Å². The van der Waals surface area contributed by atoms with Gasteiger partial charge in [-0.2, -0.15) is 0 Å². The summed E-state index contributed by atoms with van der Waals surface area (Å²) >= 11 is 0. The van der Waals surface area contributed by atoms with Gasteiger partial charge in [0.05, 0.1) is 18.8 Å². The fraction of sp³-hybridized carbons (Fsp3) is 0.724. The summed E-state index contributed by atoms with van der Waals surface area (Å²) in [6.45, 7) is 11.8. The van der Waals surface area contributed by atoms with Crippen LogP contribution in [0.5, 0.6) is 11.5 Å². The van der Waals surface area contributed by atoms with Gasteiger partial charge in [-0.25, -0.2) is 4.79 Å². The van der Waals surface area contributed by atoms with Gasteiger partial charge in [-0.05, 0) is 91.3 Å². The van der Waals surface area contributed by atoms with Crippen LogP contribution < -0.4 is 9.47 Å². The lowest BCUT2D eigenvalue weighted by molar-refractivity contribution is 0.00751. The van der Waals surface area contributed by atoms with Crippen LogP contribution in [0, 0.1) is 0 Å². The first-order valence-corrected chi connectivity index (χ1v) is 13.8. The Morgan fingerprint density at radius 2 is 1.78 bits per heavy atom. The average Bonchev–Trinajstić information content (AvgIpc) is 3.35. The van der Waals surface area contributed by atoms with E-state index >= 15 is 0 Å². The lowest BCUT2D eigenvalue weighted by Crippen LogP contribution is -2.54. The molecule has 2 amide bonds. The van der Waals surface area contributed by atoms with Gasteiger partial charge in [0.2, 0.25) is 0 Å². The molecule has 0 radical (unpaired) electrons. The van der Waals surface area contributed by atoms with Gasteiger partial charge in [-0.1, -0.05) is 0 Å². The van der Waals surface area contributed by atoms with Crippen molar-refractivity contribution in [1.29, 1.82) is 0 Å². The van der Waals surface area contributed by atoms with Gasteiger partial charge in [0, 0.05) is 44.8 Å². The molecule has 0 aromatic heterocycles. The fourth-order valence-electron chi connectivity index (χ4n) is 5.07. The first kappa shape index (κ1) is 29.1. The molecule has 1 aliphatic carbocycles. The summed E-state index contributed by atoms with van der Waals surface area (Å²) in [5, 5.41) is 0. The number of ether oxygens (including phenoxy) is 4. The highest BCUT2D eigenvalue weighted by Gasteiger charge is 2.34. The minimum absolute atomic E-state index is 0.0310. The maximum atomic E-state index is 13.9. The third-order valence-electron chi connectivity index (χ3n) is 6.77. The zero-order valence-electron chi connectivity index (χ0n) is 23.6. The highest BCUT2D eigenvalue weighted by molar-refractivity contribution is 5.95. The van der Waals surface area contributed by atoms with E-state index in [1.165, 1.54) is 12.8 Å². The molecule has 8 nitrogen and oxygen atoms in total. The Morgan fingerprint density at radius 1 is 1.05 bits per heavy atom. The maximum Gasteiger partial charge on any atom is 0.410 e. The standard InChI is InChI=1S/C29H46N2O6/c1-21(2)31(23-11-9-16-30(20-23)28(33)37-29(3,4)5)27(32)22-14-15-25(36-24-12-7-8-13-24)26(19-22)35-18-10-17-34-6/h14-15,19,21,23-24H,7-13,16-18,20H2,1-6H3/t23-/m1/s1. The molecule has 2 aliphatic rings. The van der Waals surface area contributed by atoms with Crippen molar-refractivity contribution in [1.82, 2.24) is 9.80 Å². The van der Waals surface area contributed by atoms with Crippen molar-refractivity contribution >= 4 is 12.0 Å². The van der Waals surface area contributed by atoms with Gasteiger partial charge in [-0.3, -0.25) is 4.79 Å². The van der Waals surface area contributed by atoms with E-state index in [9.17, 15) is 9.59 Å². The number of amides is 2. The number of methoxy groups -OCH3 is 1. The maximum absolute atomic E-state index is 13.9. The fourth-order valence-corrected chi connectivity index (χ4v) is 5.07. The second kappa shape index (κ2) is 13.4. The van der Waals surface area contributed by atoms with Crippen molar-refractivity contribution in [3.05, 3.63) is 23.8 Å². The van der Waals surface area contributed by atoms with Crippen molar-refractivity contribution in [3.63, 3.8) is 0 Å². The molecule has 8 heteroatoms. The van der Waals surface area contributed by atoms with Gasteiger partial charge < -0.3 is 28.7 Å². The monoisotopic (exact) mass is 518 g/mol. The molecule has 0 bridgehead atoms. The van der Waals surface area contributed by atoms with E-state index in [4.69, 9.17) is 18.9 Å². The molecule has 1 saturated heterocycles. The quantitative estimate of drug-likeness (QED) is 0.371. The number of likely N-dealkylation sites (tertiary alicyclic amines) is 1. The summed E-state index contributed by atoms with van der Waals surface area (Å²) < 4.78 is 23.1. The predicted octanol–water partition coefficient (Wildman–Crippen LogP) is 5.67. The second-order valence-corrected chi connectivity index (χ2v) is 11.4. The Labute approximate surface area is 222 Å². The number of carbonyl (C=O) groups is 2.